The lowest BCUT2D eigenvalue weighted by Crippen LogP contribution is -2.68. The Kier molecular flexibility index (Phi) is 4.10. The molecule has 4 nitrogen and oxygen atoms in total. The maximum Gasteiger partial charge on any atom is 0.0492 e. The first kappa shape index (κ1) is 15.0. The van der Waals surface area contributed by atoms with E-state index in [0.717, 1.165) is 19.5 Å². The smallest absolute Gasteiger partial charge is 0.0492 e. The summed E-state index contributed by atoms with van der Waals surface area (Å²) in [5.41, 5.74) is 2.04. The first-order valence-electron chi connectivity index (χ1n) is 8.54. The SMILES string of the molecule is CCC1(C)CNC2(CCCC2)CN1CCc1ccnn1C. The molecule has 1 saturated carbocycles. The largest absolute Gasteiger partial charge is 0.308 e. The van der Waals surface area contributed by atoms with Crippen molar-refractivity contribution in [2.24, 2.45) is 7.05 Å². The van der Waals surface area contributed by atoms with Gasteiger partial charge in [0, 0.05) is 56.1 Å². The zero-order valence-corrected chi connectivity index (χ0v) is 13.9. The van der Waals surface area contributed by atoms with Gasteiger partial charge in [-0.3, -0.25) is 9.58 Å². The molecule has 0 aromatic carbocycles. The van der Waals surface area contributed by atoms with E-state index < -0.39 is 0 Å². The highest BCUT2D eigenvalue weighted by atomic mass is 15.3. The van der Waals surface area contributed by atoms with Crippen LogP contribution in [-0.2, 0) is 13.5 Å². The fourth-order valence-corrected chi connectivity index (χ4v) is 4.08. The number of hydrogen-bond donors (Lipinski definition) is 1. The van der Waals surface area contributed by atoms with Crippen LogP contribution in [0.3, 0.4) is 0 Å². The Bertz CT molecular complexity index is 475. The molecule has 1 unspecified atom stereocenters. The molecule has 2 heterocycles. The Morgan fingerprint density at radius 3 is 2.71 bits per heavy atom. The van der Waals surface area contributed by atoms with E-state index in [0.29, 0.717) is 11.1 Å². The fourth-order valence-electron chi connectivity index (χ4n) is 4.08. The molecule has 0 amide bonds. The second-order valence-electron chi connectivity index (χ2n) is 7.31. The van der Waals surface area contributed by atoms with E-state index in [1.54, 1.807) is 0 Å². The normalized spacial score (nSPS) is 29.3. The zero-order chi connectivity index (χ0) is 14.9. The molecule has 1 aliphatic carbocycles. The Morgan fingerprint density at radius 2 is 2.10 bits per heavy atom. The predicted octanol–water partition coefficient (Wildman–Crippen LogP) is 2.35. The Morgan fingerprint density at radius 1 is 1.33 bits per heavy atom. The Balaban J connectivity index is 1.70. The summed E-state index contributed by atoms with van der Waals surface area (Å²) in [6.07, 6.45) is 9.72. The summed E-state index contributed by atoms with van der Waals surface area (Å²) in [6, 6.07) is 2.15. The van der Waals surface area contributed by atoms with Gasteiger partial charge in [-0.25, -0.2) is 0 Å². The van der Waals surface area contributed by atoms with Gasteiger partial charge in [-0.2, -0.15) is 5.10 Å². The number of piperazine rings is 1. The minimum absolute atomic E-state index is 0.298. The number of aryl methyl sites for hydroxylation is 1. The summed E-state index contributed by atoms with van der Waals surface area (Å²) >= 11 is 0. The van der Waals surface area contributed by atoms with E-state index in [1.165, 1.54) is 44.3 Å². The first-order chi connectivity index (χ1) is 10.1. The molecule has 0 bridgehead atoms. The topological polar surface area (TPSA) is 33.1 Å². The van der Waals surface area contributed by atoms with E-state index in [-0.39, 0.29) is 0 Å². The maximum atomic E-state index is 4.29. The van der Waals surface area contributed by atoms with Crippen molar-refractivity contribution >= 4 is 0 Å². The van der Waals surface area contributed by atoms with Crippen LogP contribution in [0.1, 0.15) is 51.6 Å². The van der Waals surface area contributed by atoms with E-state index >= 15 is 0 Å². The van der Waals surface area contributed by atoms with Crippen molar-refractivity contribution < 1.29 is 0 Å². The highest BCUT2D eigenvalue weighted by molar-refractivity contribution is 5.07. The standard InChI is InChI=1S/C17H30N4/c1-4-16(2)13-18-17(9-5-6-10-17)14-21(16)12-8-15-7-11-19-20(15)3/h7,11,18H,4-6,8-10,12-14H2,1-3H3. The Labute approximate surface area is 128 Å². The van der Waals surface area contributed by atoms with Crippen molar-refractivity contribution in [1.29, 1.82) is 0 Å². The summed E-state index contributed by atoms with van der Waals surface area (Å²) in [6.45, 7) is 8.24. The predicted molar refractivity (Wildman–Crippen MR) is 86.4 cm³/mol. The van der Waals surface area contributed by atoms with Crippen LogP contribution in [0.15, 0.2) is 12.3 Å². The number of hydrogen-bond acceptors (Lipinski definition) is 3. The second-order valence-corrected chi connectivity index (χ2v) is 7.31. The third-order valence-electron chi connectivity index (χ3n) is 5.98. The van der Waals surface area contributed by atoms with Gasteiger partial charge >= 0.3 is 0 Å². The molecule has 1 aromatic rings. The minimum atomic E-state index is 0.298. The van der Waals surface area contributed by atoms with Gasteiger partial charge in [-0.05, 0) is 32.3 Å². The maximum absolute atomic E-state index is 4.29. The summed E-state index contributed by atoms with van der Waals surface area (Å²) in [7, 11) is 2.05. The third kappa shape index (κ3) is 2.88. The van der Waals surface area contributed by atoms with Crippen molar-refractivity contribution in [3.63, 3.8) is 0 Å². The number of rotatable bonds is 4. The minimum Gasteiger partial charge on any atom is -0.308 e. The van der Waals surface area contributed by atoms with Crippen LogP contribution in [-0.4, -0.2) is 45.4 Å². The van der Waals surface area contributed by atoms with Gasteiger partial charge < -0.3 is 5.32 Å². The summed E-state index contributed by atoms with van der Waals surface area (Å²) < 4.78 is 2.01. The second kappa shape index (κ2) is 5.73. The quantitative estimate of drug-likeness (QED) is 0.924. The van der Waals surface area contributed by atoms with Gasteiger partial charge in [0.25, 0.3) is 0 Å². The van der Waals surface area contributed by atoms with Crippen molar-refractivity contribution in [3.05, 3.63) is 18.0 Å². The zero-order valence-electron chi connectivity index (χ0n) is 13.9. The fraction of sp³-hybridized carbons (Fsp3) is 0.824. The van der Waals surface area contributed by atoms with Crippen LogP contribution in [0, 0.1) is 0 Å². The van der Waals surface area contributed by atoms with Crippen LogP contribution >= 0.6 is 0 Å². The van der Waals surface area contributed by atoms with Crippen molar-refractivity contribution in [3.8, 4) is 0 Å². The van der Waals surface area contributed by atoms with Gasteiger partial charge in [0.05, 0.1) is 0 Å². The highest BCUT2D eigenvalue weighted by Crippen LogP contribution is 2.36. The molecule has 118 valence electrons. The molecule has 1 spiro atoms. The van der Waals surface area contributed by atoms with Crippen LogP contribution in [0.25, 0.3) is 0 Å². The molecule has 3 rings (SSSR count). The van der Waals surface area contributed by atoms with Crippen LogP contribution in [0.4, 0.5) is 0 Å². The van der Waals surface area contributed by atoms with E-state index in [4.69, 9.17) is 0 Å². The number of nitrogens with zero attached hydrogens (tertiary/aromatic N) is 3. The van der Waals surface area contributed by atoms with Gasteiger partial charge in [0.1, 0.15) is 0 Å². The van der Waals surface area contributed by atoms with Crippen LogP contribution < -0.4 is 5.32 Å². The molecule has 0 radical (unpaired) electrons. The van der Waals surface area contributed by atoms with Gasteiger partial charge in [0.15, 0.2) is 0 Å². The van der Waals surface area contributed by atoms with Crippen molar-refractivity contribution in [1.82, 2.24) is 20.0 Å². The van der Waals surface area contributed by atoms with E-state index in [2.05, 4.69) is 35.2 Å². The van der Waals surface area contributed by atoms with E-state index in [9.17, 15) is 0 Å². The Hall–Kier alpha value is -0.870. The molecule has 4 heteroatoms. The van der Waals surface area contributed by atoms with Crippen LogP contribution in [0.2, 0.25) is 0 Å². The van der Waals surface area contributed by atoms with Crippen LogP contribution in [0.5, 0.6) is 0 Å². The molecule has 1 aliphatic heterocycles. The highest BCUT2D eigenvalue weighted by Gasteiger charge is 2.45. The van der Waals surface area contributed by atoms with E-state index in [1.807, 2.05) is 17.9 Å². The lowest BCUT2D eigenvalue weighted by molar-refractivity contribution is 0.0149. The van der Waals surface area contributed by atoms with Gasteiger partial charge in [-0.1, -0.05) is 19.8 Å². The number of nitrogens with one attached hydrogen (secondary N) is 1. The molecule has 1 atom stereocenters. The average Bonchev–Trinajstić information content (AvgIpc) is 3.10. The lowest BCUT2D eigenvalue weighted by Gasteiger charge is -2.52. The summed E-state index contributed by atoms with van der Waals surface area (Å²) in [4.78, 5) is 2.75. The number of aromatic nitrogens is 2. The molecular formula is C17H30N4. The summed E-state index contributed by atoms with van der Waals surface area (Å²) in [5, 5.41) is 8.20. The molecule has 1 aromatic heterocycles. The molecule has 1 saturated heterocycles. The monoisotopic (exact) mass is 290 g/mol. The molecule has 2 fully saturated rings. The first-order valence-corrected chi connectivity index (χ1v) is 8.54. The third-order valence-corrected chi connectivity index (χ3v) is 5.98. The lowest BCUT2D eigenvalue weighted by atomic mass is 9.85. The molecule has 2 aliphatic rings. The molecule has 1 N–H and O–H groups in total. The van der Waals surface area contributed by atoms with Crippen molar-refractivity contribution in [2.45, 2.75) is 63.5 Å². The molecular weight excluding hydrogens is 260 g/mol. The van der Waals surface area contributed by atoms with Crippen molar-refractivity contribution in [2.75, 3.05) is 19.6 Å². The van der Waals surface area contributed by atoms with Gasteiger partial charge in [-0.15, -0.1) is 0 Å². The molecule has 21 heavy (non-hydrogen) atoms. The van der Waals surface area contributed by atoms with Gasteiger partial charge in [0.2, 0.25) is 0 Å². The average molecular weight is 290 g/mol. The summed E-state index contributed by atoms with van der Waals surface area (Å²) in [5.74, 6) is 0.